The van der Waals surface area contributed by atoms with Gasteiger partial charge in [-0.2, -0.15) is 0 Å². The van der Waals surface area contributed by atoms with Gasteiger partial charge in [0, 0.05) is 24.5 Å². The van der Waals surface area contributed by atoms with Gasteiger partial charge in [0.25, 0.3) is 0 Å². The first-order valence-corrected chi connectivity index (χ1v) is 9.09. The molecule has 0 aliphatic rings. The Labute approximate surface area is 151 Å². The van der Waals surface area contributed by atoms with Gasteiger partial charge in [-0.1, -0.05) is 25.1 Å². The number of nitrogens with one attached hydrogen (secondary N) is 3. The van der Waals surface area contributed by atoms with E-state index in [9.17, 15) is 13.2 Å². The molecule has 24 heavy (non-hydrogen) atoms. The van der Waals surface area contributed by atoms with Gasteiger partial charge in [-0.25, -0.2) is 13.1 Å². The Morgan fingerprint density at radius 2 is 1.79 bits per heavy atom. The molecule has 0 saturated heterocycles. The first-order valence-electron chi connectivity index (χ1n) is 7.61. The number of halogens is 1. The van der Waals surface area contributed by atoms with E-state index in [0.29, 0.717) is 12.1 Å². The second-order valence-electron chi connectivity index (χ2n) is 6.64. The first-order chi connectivity index (χ1) is 10.6. The van der Waals surface area contributed by atoms with Crippen LogP contribution < -0.4 is 15.4 Å². The fraction of sp³-hybridized carbons (Fsp3) is 0.562. The van der Waals surface area contributed by atoms with Gasteiger partial charge in [0.2, 0.25) is 15.9 Å². The molecule has 1 unspecified atom stereocenters. The molecule has 138 valence electrons. The lowest BCUT2D eigenvalue weighted by molar-refractivity contribution is -0.124. The molecule has 1 amide bonds. The summed E-state index contributed by atoms with van der Waals surface area (Å²) in [7, 11) is -1.86. The molecule has 1 aromatic carbocycles. The van der Waals surface area contributed by atoms with Crippen molar-refractivity contribution in [1.29, 1.82) is 0 Å². The minimum atomic E-state index is -3.64. The lowest BCUT2D eigenvalue weighted by Gasteiger charge is -2.21. The van der Waals surface area contributed by atoms with Crippen LogP contribution >= 0.6 is 12.4 Å². The molecular formula is C16H28ClN3O3S. The van der Waals surface area contributed by atoms with Crippen molar-refractivity contribution in [3.05, 3.63) is 29.8 Å². The standard InChI is InChI=1S/C16H27N3O3S.ClH/c1-12(10-17-5)15(20)18-11-13-8-6-7-9-14(13)23(21,22)19-16(2,3)4;/h6-9,12,17,19H,10-11H2,1-5H3,(H,18,20);1H. The maximum absolute atomic E-state index is 12.5. The highest BCUT2D eigenvalue weighted by Crippen LogP contribution is 2.17. The van der Waals surface area contributed by atoms with Crippen LogP contribution in [-0.4, -0.2) is 33.5 Å². The maximum atomic E-state index is 12.5. The molecule has 0 fully saturated rings. The lowest BCUT2D eigenvalue weighted by atomic mass is 10.1. The largest absolute Gasteiger partial charge is 0.352 e. The molecule has 0 aliphatic heterocycles. The zero-order chi connectivity index (χ0) is 17.7. The van der Waals surface area contributed by atoms with Crippen molar-refractivity contribution in [2.24, 2.45) is 5.92 Å². The molecule has 0 bridgehead atoms. The Bertz CT molecular complexity index is 642. The van der Waals surface area contributed by atoms with Crippen LogP contribution in [0.1, 0.15) is 33.3 Å². The van der Waals surface area contributed by atoms with Crippen molar-refractivity contribution in [2.75, 3.05) is 13.6 Å². The summed E-state index contributed by atoms with van der Waals surface area (Å²) < 4.78 is 27.7. The Balaban J connectivity index is 0.00000529. The number of rotatable bonds is 7. The van der Waals surface area contributed by atoms with E-state index in [2.05, 4.69) is 15.4 Å². The Morgan fingerprint density at radius 1 is 1.21 bits per heavy atom. The molecular weight excluding hydrogens is 350 g/mol. The summed E-state index contributed by atoms with van der Waals surface area (Å²) in [4.78, 5) is 12.2. The van der Waals surface area contributed by atoms with Crippen molar-refractivity contribution in [2.45, 2.75) is 44.7 Å². The van der Waals surface area contributed by atoms with E-state index in [1.165, 1.54) is 0 Å². The number of carbonyl (C=O) groups is 1. The number of amides is 1. The monoisotopic (exact) mass is 377 g/mol. The minimum Gasteiger partial charge on any atom is -0.352 e. The third-order valence-corrected chi connectivity index (χ3v) is 4.97. The average molecular weight is 378 g/mol. The molecule has 0 aliphatic carbocycles. The number of sulfonamides is 1. The van der Waals surface area contributed by atoms with E-state index in [-0.39, 0.29) is 35.7 Å². The molecule has 8 heteroatoms. The molecule has 3 N–H and O–H groups in total. The quantitative estimate of drug-likeness (QED) is 0.674. The van der Waals surface area contributed by atoms with Crippen LogP contribution in [0.5, 0.6) is 0 Å². The predicted octanol–water partition coefficient (Wildman–Crippen LogP) is 1.66. The summed E-state index contributed by atoms with van der Waals surface area (Å²) in [5.74, 6) is -0.299. The van der Waals surface area contributed by atoms with Crippen LogP contribution in [-0.2, 0) is 21.4 Å². The van der Waals surface area contributed by atoms with Crippen LogP contribution in [0.15, 0.2) is 29.2 Å². The summed E-state index contributed by atoms with van der Waals surface area (Å²) in [6.07, 6.45) is 0. The van der Waals surface area contributed by atoms with Crippen molar-refractivity contribution < 1.29 is 13.2 Å². The molecule has 1 rings (SSSR count). The fourth-order valence-corrected chi connectivity index (χ4v) is 3.78. The molecule has 0 saturated carbocycles. The molecule has 1 aromatic rings. The average Bonchev–Trinajstić information content (AvgIpc) is 2.42. The third kappa shape index (κ3) is 7.17. The summed E-state index contributed by atoms with van der Waals surface area (Å²) in [6, 6.07) is 6.69. The normalized spacial score (nSPS) is 13.0. The SMILES string of the molecule is CNCC(C)C(=O)NCc1ccccc1S(=O)(=O)NC(C)(C)C.Cl. The maximum Gasteiger partial charge on any atom is 0.241 e. The molecule has 0 aromatic heterocycles. The highest BCUT2D eigenvalue weighted by molar-refractivity contribution is 7.89. The molecule has 0 spiro atoms. The van der Waals surface area contributed by atoms with Crippen LogP contribution in [0.3, 0.4) is 0 Å². The van der Waals surface area contributed by atoms with Gasteiger partial charge in [0.15, 0.2) is 0 Å². The zero-order valence-electron chi connectivity index (χ0n) is 14.8. The van der Waals surface area contributed by atoms with Crippen LogP contribution in [0.25, 0.3) is 0 Å². The number of hydrogen-bond acceptors (Lipinski definition) is 4. The topological polar surface area (TPSA) is 87.3 Å². The second-order valence-corrected chi connectivity index (χ2v) is 8.29. The molecule has 1 atom stereocenters. The summed E-state index contributed by atoms with van der Waals surface area (Å²) >= 11 is 0. The Kier molecular flexibility index (Phi) is 8.91. The number of carbonyl (C=O) groups excluding carboxylic acids is 1. The van der Waals surface area contributed by atoms with Gasteiger partial charge < -0.3 is 10.6 Å². The minimum absolute atomic E-state index is 0. The van der Waals surface area contributed by atoms with E-state index in [4.69, 9.17) is 0 Å². The van der Waals surface area contributed by atoms with Crippen LogP contribution in [0.4, 0.5) is 0 Å². The predicted molar refractivity (Wildman–Crippen MR) is 98.7 cm³/mol. The lowest BCUT2D eigenvalue weighted by Crippen LogP contribution is -2.41. The Morgan fingerprint density at radius 3 is 2.33 bits per heavy atom. The van der Waals surface area contributed by atoms with Crippen molar-refractivity contribution in [1.82, 2.24) is 15.4 Å². The second kappa shape index (κ2) is 9.36. The van der Waals surface area contributed by atoms with Gasteiger partial charge in [0.05, 0.1) is 4.90 Å². The van der Waals surface area contributed by atoms with Gasteiger partial charge >= 0.3 is 0 Å². The summed E-state index contributed by atoms with van der Waals surface area (Å²) in [5.41, 5.74) is -0.00879. The number of hydrogen-bond donors (Lipinski definition) is 3. The highest BCUT2D eigenvalue weighted by atomic mass is 35.5. The van der Waals surface area contributed by atoms with Crippen LogP contribution in [0.2, 0.25) is 0 Å². The third-order valence-electron chi connectivity index (χ3n) is 3.11. The summed E-state index contributed by atoms with van der Waals surface area (Å²) in [5, 5.41) is 5.73. The van der Waals surface area contributed by atoms with Gasteiger partial charge in [0.1, 0.15) is 0 Å². The van der Waals surface area contributed by atoms with E-state index in [1.807, 2.05) is 6.92 Å². The van der Waals surface area contributed by atoms with Gasteiger partial charge in [-0.3, -0.25) is 4.79 Å². The van der Waals surface area contributed by atoms with E-state index in [0.717, 1.165) is 0 Å². The first kappa shape index (κ1) is 22.9. The number of benzene rings is 1. The van der Waals surface area contributed by atoms with E-state index in [1.54, 1.807) is 52.1 Å². The summed E-state index contributed by atoms with van der Waals surface area (Å²) in [6.45, 7) is 7.91. The zero-order valence-corrected chi connectivity index (χ0v) is 16.5. The Hall–Kier alpha value is -1.15. The van der Waals surface area contributed by atoms with Gasteiger partial charge in [-0.05, 0) is 39.4 Å². The van der Waals surface area contributed by atoms with Crippen LogP contribution in [0, 0.1) is 5.92 Å². The van der Waals surface area contributed by atoms with E-state index < -0.39 is 15.6 Å². The molecule has 0 heterocycles. The fourth-order valence-electron chi connectivity index (χ4n) is 2.13. The molecule has 6 nitrogen and oxygen atoms in total. The van der Waals surface area contributed by atoms with Crippen molar-refractivity contribution in [3.63, 3.8) is 0 Å². The smallest absolute Gasteiger partial charge is 0.241 e. The highest BCUT2D eigenvalue weighted by Gasteiger charge is 2.24. The van der Waals surface area contributed by atoms with Crippen molar-refractivity contribution in [3.8, 4) is 0 Å². The van der Waals surface area contributed by atoms with E-state index >= 15 is 0 Å². The van der Waals surface area contributed by atoms with Crippen molar-refractivity contribution >= 4 is 28.3 Å². The van der Waals surface area contributed by atoms with Gasteiger partial charge in [-0.15, -0.1) is 12.4 Å². The molecule has 0 radical (unpaired) electrons.